The van der Waals surface area contributed by atoms with Gasteiger partial charge in [-0.1, -0.05) is 0 Å². The zero-order valence-electron chi connectivity index (χ0n) is 9.34. The van der Waals surface area contributed by atoms with Crippen molar-refractivity contribution in [1.82, 2.24) is 10.3 Å². The number of amides is 2. The van der Waals surface area contributed by atoms with Crippen molar-refractivity contribution in [3.8, 4) is 0 Å². The molecule has 1 atom stereocenters. The van der Waals surface area contributed by atoms with E-state index >= 15 is 0 Å². The Morgan fingerprint density at radius 1 is 1.50 bits per heavy atom. The Hall–Kier alpha value is -2.44. The van der Waals surface area contributed by atoms with Crippen LogP contribution in [0.25, 0.3) is 0 Å². The second-order valence-corrected chi connectivity index (χ2v) is 3.88. The lowest BCUT2D eigenvalue weighted by atomic mass is 10.2. The average molecular weight is 249 g/mol. The molecule has 18 heavy (non-hydrogen) atoms. The van der Waals surface area contributed by atoms with Crippen molar-refractivity contribution < 1.29 is 19.5 Å². The summed E-state index contributed by atoms with van der Waals surface area (Å²) < 4.78 is 0. The third-order valence-corrected chi connectivity index (χ3v) is 2.57. The first-order valence-electron chi connectivity index (χ1n) is 5.36. The number of hydrogen-bond donors (Lipinski definition) is 3. The SMILES string of the molecule is O=C1CCC(C(=O)Nc2cc(C(=O)O)ccn2)N1. The van der Waals surface area contributed by atoms with Crippen molar-refractivity contribution in [2.75, 3.05) is 5.32 Å². The van der Waals surface area contributed by atoms with Crippen LogP contribution in [0.4, 0.5) is 5.82 Å². The number of nitrogens with zero attached hydrogens (tertiary/aromatic N) is 1. The minimum atomic E-state index is -1.10. The van der Waals surface area contributed by atoms with Crippen LogP contribution in [0.5, 0.6) is 0 Å². The van der Waals surface area contributed by atoms with Crippen molar-refractivity contribution >= 4 is 23.6 Å². The van der Waals surface area contributed by atoms with Gasteiger partial charge in [-0.15, -0.1) is 0 Å². The largest absolute Gasteiger partial charge is 0.478 e. The summed E-state index contributed by atoms with van der Waals surface area (Å²) in [6.45, 7) is 0. The zero-order chi connectivity index (χ0) is 13.1. The van der Waals surface area contributed by atoms with Gasteiger partial charge >= 0.3 is 5.97 Å². The second-order valence-electron chi connectivity index (χ2n) is 3.88. The molecule has 0 spiro atoms. The third-order valence-electron chi connectivity index (χ3n) is 2.57. The molecule has 2 amide bonds. The maximum absolute atomic E-state index is 11.7. The van der Waals surface area contributed by atoms with Crippen LogP contribution in [0.1, 0.15) is 23.2 Å². The molecular weight excluding hydrogens is 238 g/mol. The van der Waals surface area contributed by atoms with E-state index in [4.69, 9.17) is 5.11 Å². The molecule has 1 aliphatic rings. The molecule has 7 heteroatoms. The smallest absolute Gasteiger partial charge is 0.335 e. The summed E-state index contributed by atoms with van der Waals surface area (Å²) in [6.07, 6.45) is 2.05. The minimum Gasteiger partial charge on any atom is -0.478 e. The maximum Gasteiger partial charge on any atom is 0.335 e. The summed E-state index contributed by atoms with van der Waals surface area (Å²) in [5.74, 6) is -1.50. The molecule has 1 aromatic heterocycles. The van der Waals surface area contributed by atoms with E-state index < -0.39 is 17.9 Å². The molecule has 2 heterocycles. The number of carbonyl (C=O) groups excluding carboxylic acids is 2. The van der Waals surface area contributed by atoms with E-state index in [9.17, 15) is 14.4 Å². The average Bonchev–Trinajstić information content (AvgIpc) is 2.76. The van der Waals surface area contributed by atoms with Crippen LogP contribution in [0, 0.1) is 0 Å². The Kier molecular flexibility index (Phi) is 3.22. The van der Waals surface area contributed by atoms with Crippen molar-refractivity contribution in [2.45, 2.75) is 18.9 Å². The summed E-state index contributed by atoms with van der Waals surface area (Å²) in [4.78, 5) is 37.3. The van der Waals surface area contributed by atoms with Gasteiger partial charge in [0.25, 0.3) is 0 Å². The van der Waals surface area contributed by atoms with Crippen LogP contribution in [0.15, 0.2) is 18.3 Å². The van der Waals surface area contributed by atoms with E-state index in [0.29, 0.717) is 12.8 Å². The highest BCUT2D eigenvalue weighted by atomic mass is 16.4. The molecule has 1 aliphatic heterocycles. The van der Waals surface area contributed by atoms with E-state index in [0.717, 1.165) is 0 Å². The lowest BCUT2D eigenvalue weighted by molar-refractivity contribution is -0.122. The van der Waals surface area contributed by atoms with Crippen LogP contribution >= 0.6 is 0 Å². The zero-order valence-corrected chi connectivity index (χ0v) is 9.34. The quantitative estimate of drug-likeness (QED) is 0.698. The van der Waals surface area contributed by atoms with Gasteiger partial charge in [0.2, 0.25) is 11.8 Å². The fraction of sp³-hybridized carbons (Fsp3) is 0.273. The number of anilines is 1. The summed E-state index contributed by atoms with van der Waals surface area (Å²) in [6, 6.07) is 2.01. The first kappa shape index (κ1) is 12.0. The summed E-state index contributed by atoms with van der Waals surface area (Å²) >= 11 is 0. The normalized spacial score (nSPS) is 18.2. The van der Waals surface area contributed by atoms with E-state index in [-0.39, 0.29) is 17.3 Å². The molecule has 2 rings (SSSR count). The number of aromatic carboxylic acids is 1. The summed E-state index contributed by atoms with van der Waals surface area (Å²) in [5, 5.41) is 13.8. The fourth-order valence-corrected chi connectivity index (χ4v) is 1.66. The van der Waals surface area contributed by atoms with Crippen LogP contribution in [0.2, 0.25) is 0 Å². The molecule has 1 fully saturated rings. The maximum atomic E-state index is 11.7. The molecule has 1 saturated heterocycles. The van der Waals surface area contributed by atoms with Gasteiger partial charge in [0, 0.05) is 12.6 Å². The van der Waals surface area contributed by atoms with Gasteiger partial charge < -0.3 is 15.7 Å². The van der Waals surface area contributed by atoms with Crippen LogP contribution in [-0.4, -0.2) is 33.9 Å². The van der Waals surface area contributed by atoms with Crippen LogP contribution in [-0.2, 0) is 9.59 Å². The highest BCUT2D eigenvalue weighted by molar-refractivity contribution is 5.99. The van der Waals surface area contributed by atoms with Gasteiger partial charge in [-0.3, -0.25) is 9.59 Å². The molecule has 0 bridgehead atoms. The Labute approximate surface area is 102 Å². The van der Waals surface area contributed by atoms with Crippen molar-refractivity contribution in [2.24, 2.45) is 0 Å². The standard InChI is InChI=1S/C11H11N3O4/c15-9-2-1-7(13-9)10(16)14-8-5-6(11(17)18)3-4-12-8/h3-5,7H,1-2H2,(H,13,15)(H,17,18)(H,12,14,16). The highest BCUT2D eigenvalue weighted by Gasteiger charge is 2.27. The van der Waals surface area contributed by atoms with Gasteiger partial charge in [0.05, 0.1) is 5.56 Å². The number of hydrogen-bond acceptors (Lipinski definition) is 4. The highest BCUT2D eigenvalue weighted by Crippen LogP contribution is 2.11. The second kappa shape index (κ2) is 4.82. The Morgan fingerprint density at radius 2 is 2.28 bits per heavy atom. The van der Waals surface area contributed by atoms with E-state index in [1.165, 1.54) is 18.3 Å². The number of carboxylic acids is 1. The molecule has 0 aromatic carbocycles. The van der Waals surface area contributed by atoms with Crippen molar-refractivity contribution in [1.29, 1.82) is 0 Å². The molecule has 1 aromatic rings. The fourth-order valence-electron chi connectivity index (χ4n) is 1.66. The number of rotatable bonds is 3. The topological polar surface area (TPSA) is 108 Å². The number of nitrogens with one attached hydrogen (secondary N) is 2. The lowest BCUT2D eigenvalue weighted by Gasteiger charge is -2.10. The van der Waals surface area contributed by atoms with Crippen molar-refractivity contribution in [3.05, 3.63) is 23.9 Å². The Morgan fingerprint density at radius 3 is 2.89 bits per heavy atom. The minimum absolute atomic E-state index is 0.0377. The van der Waals surface area contributed by atoms with E-state index in [1.807, 2.05) is 0 Å². The van der Waals surface area contributed by atoms with Crippen LogP contribution in [0.3, 0.4) is 0 Å². The van der Waals surface area contributed by atoms with Gasteiger partial charge in [0.1, 0.15) is 11.9 Å². The Bertz CT molecular complexity index is 515. The molecule has 94 valence electrons. The van der Waals surface area contributed by atoms with Crippen molar-refractivity contribution in [3.63, 3.8) is 0 Å². The molecule has 0 aliphatic carbocycles. The molecule has 1 unspecified atom stereocenters. The summed E-state index contributed by atoms with van der Waals surface area (Å²) in [7, 11) is 0. The van der Waals surface area contributed by atoms with Gasteiger partial charge in [-0.2, -0.15) is 0 Å². The van der Waals surface area contributed by atoms with Gasteiger partial charge in [-0.05, 0) is 18.6 Å². The Balaban J connectivity index is 2.05. The predicted octanol–water partition coefficient (Wildman–Crippen LogP) is -0.00310. The van der Waals surface area contributed by atoms with E-state index in [2.05, 4.69) is 15.6 Å². The number of carboxylic acid groups (broad SMARTS) is 1. The molecule has 3 N–H and O–H groups in total. The van der Waals surface area contributed by atoms with E-state index in [1.54, 1.807) is 0 Å². The summed E-state index contributed by atoms with van der Waals surface area (Å²) in [5.41, 5.74) is 0.0377. The van der Waals surface area contributed by atoms with Gasteiger partial charge in [-0.25, -0.2) is 9.78 Å². The third kappa shape index (κ3) is 2.62. The first-order chi connectivity index (χ1) is 8.56. The molecule has 7 nitrogen and oxygen atoms in total. The monoisotopic (exact) mass is 249 g/mol. The molecule has 0 saturated carbocycles. The van der Waals surface area contributed by atoms with Crippen LogP contribution < -0.4 is 10.6 Å². The molecular formula is C11H11N3O4. The molecule has 0 radical (unpaired) electrons. The predicted molar refractivity (Wildman–Crippen MR) is 61.0 cm³/mol. The number of aromatic nitrogens is 1. The first-order valence-corrected chi connectivity index (χ1v) is 5.36. The number of carbonyl (C=O) groups is 3. The van der Waals surface area contributed by atoms with Gasteiger partial charge in [0.15, 0.2) is 0 Å². The lowest BCUT2D eigenvalue weighted by Crippen LogP contribution is -2.37. The number of pyridine rings is 1.